The van der Waals surface area contributed by atoms with Crippen LogP contribution in [0.25, 0.3) is 0 Å². The quantitative estimate of drug-likeness (QED) is 0.258. The molecule has 156 valence electrons. The molecule has 0 atom stereocenters. The molecule has 0 N–H and O–H groups in total. The van der Waals surface area contributed by atoms with Crippen molar-refractivity contribution < 1.29 is 24.8 Å². The number of likely N-dealkylation sites (N-methyl/N-ethyl adjacent to an activating group) is 2. The number of benzene rings is 2. The Morgan fingerprint density at radius 1 is 0.724 bits per heavy atom. The van der Waals surface area contributed by atoms with E-state index in [0.29, 0.717) is 0 Å². The van der Waals surface area contributed by atoms with Crippen molar-refractivity contribution in [2.75, 3.05) is 54.4 Å². The van der Waals surface area contributed by atoms with Gasteiger partial charge in [0.1, 0.15) is 0 Å². The van der Waals surface area contributed by atoms with Gasteiger partial charge in [-0.2, -0.15) is 0 Å². The number of rotatable bonds is 8. The van der Waals surface area contributed by atoms with Crippen molar-refractivity contribution in [1.82, 2.24) is 9.80 Å². The number of hydrogen-bond acceptors (Lipinski definition) is 4. The van der Waals surface area contributed by atoms with Crippen molar-refractivity contribution in [3.63, 3.8) is 0 Å². The van der Waals surface area contributed by atoms with Gasteiger partial charge in [0.15, 0.2) is 0 Å². The van der Waals surface area contributed by atoms with Gasteiger partial charge in [0, 0.05) is 36.6 Å². The van der Waals surface area contributed by atoms with Crippen molar-refractivity contribution in [1.29, 1.82) is 0 Å². The standard InChI is InChI=1S/2C11H15N2.2ClH.Sn/c2*1-13(2)9-8-12-10-11-6-4-3-5-7-11;;;/h2*3-6,10H,8-9H2,1-2H3;2*1H;/q;;;;+2/p-2. The predicted octanol–water partition coefficient (Wildman–Crippen LogP) is -3.44. The summed E-state index contributed by atoms with van der Waals surface area (Å²) in [6, 6.07) is 21.9. The Morgan fingerprint density at radius 3 is 1.38 bits per heavy atom. The maximum absolute atomic E-state index is 4.28. The Bertz CT molecular complexity index is 578. The number of halogens is 2. The summed E-state index contributed by atoms with van der Waals surface area (Å²) in [5, 5.41) is 0. The smallest absolute Gasteiger partial charge is 1.00 e. The van der Waals surface area contributed by atoms with Crippen LogP contribution in [-0.4, -0.2) is 101 Å². The summed E-state index contributed by atoms with van der Waals surface area (Å²) in [4.78, 5) is 12.8. The van der Waals surface area contributed by atoms with E-state index in [1.807, 2.05) is 89.2 Å². The molecular formula is C22H30Cl2N4Sn. The zero-order chi connectivity index (χ0) is 19.0. The minimum absolute atomic E-state index is 0. The second-order valence-corrected chi connectivity index (χ2v) is 6.31. The van der Waals surface area contributed by atoms with Gasteiger partial charge in [-0.15, -0.1) is 0 Å². The minimum Gasteiger partial charge on any atom is -1.00 e. The Hall–Kier alpha value is -0.921. The van der Waals surface area contributed by atoms with Crippen molar-refractivity contribution in [3.8, 4) is 0 Å². The number of nitrogens with zero attached hydrogens (tertiary/aromatic N) is 4. The zero-order valence-electron chi connectivity index (χ0n) is 17.6. The molecule has 2 aromatic rings. The van der Waals surface area contributed by atoms with Crippen LogP contribution in [0.4, 0.5) is 0 Å². The summed E-state index contributed by atoms with van der Waals surface area (Å²) < 4.78 is 0. The Balaban J connectivity index is -0.000000422. The van der Waals surface area contributed by atoms with Gasteiger partial charge in [-0.25, -0.2) is 0 Å². The maximum Gasteiger partial charge on any atom is 2.00 e. The van der Waals surface area contributed by atoms with Gasteiger partial charge in [0.25, 0.3) is 0 Å². The van der Waals surface area contributed by atoms with E-state index in [-0.39, 0.29) is 48.7 Å². The van der Waals surface area contributed by atoms with Crippen LogP contribution in [0.5, 0.6) is 0 Å². The molecule has 4 radical (unpaired) electrons. The molecule has 0 spiro atoms. The Kier molecular flexibility index (Phi) is 24.6. The van der Waals surface area contributed by atoms with Gasteiger partial charge < -0.3 is 34.6 Å². The van der Waals surface area contributed by atoms with Crippen LogP contribution in [0.1, 0.15) is 11.1 Å². The van der Waals surface area contributed by atoms with E-state index in [1.54, 1.807) is 0 Å². The van der Waals surface area contributed by atoms with E-state index in [1.165, 1.54) is 0 Å². The molecule has 0 aromatic heterocycles. The molecule has 2 aromatic carbocycles. The van der Waals surface area contributed by atoms with Crippen molar-refractivity contribution in [2.24, 2.45) is 9.98 Å². The second-order valence-electron chi connectivity index (χ2n) is 6.31. The van der Waals surface area contributed by atoms with E-state index in [9.17, 15) is 0 Å². The first kappa shape index (κ1) is 32.7. The van der Waals surface area contributed by atoms with Crippen LogP contribution in [0.2, 0.25) is 0 Å². The average molecular weight is 540 g/mol. The molecular weight excluding hydrogens is 510 g/mol. The monoisotopic (exact) mass is 540 g/mol. The summed E-state index contributed by atoms with van der Waals surface area (Å²) in [7, 11) is 8.18. The van der Waals surface area contributed by atoms with Crippen LogP contribution >= 0.6 is 0 Å². The van der Waals surface area contributed by atoms with Gasteiger partial charge in [0.2, 0.25) is 0 Å². The van der Waals surface area contributed by atoms with E-state index < -0.39 is 0 Å². The fourth-order valence-electron chi connectivity index (χ4n) is 1.82. The van der Waals surface area contributed by atoms with Gasteiger partial charge in [-0.05, 0) is 40.3 Å². The normalized spacial score (nSPS) is 10.1. The molecule has 2 rings (SSSR count). The predicted molar refractivity (Wildman–Crippen MR) is 118 cm³/mol. The summed E-state index contributed by atoms with van der Waals surface area (Å²) in [6.07, 6.45) is 3.73. The molecule has 29 heavy (non-hydrogen) atoms. The third-order valence-corrected chi connectivity index (χ3v) is 3.28. The number of aliphatic imine (C=N–C) groups is 2. The fraction of sp³-hybridized carbons (Fsp3) is 0.364. The van der Waals surface area contributed by atoms with Crippen LogP contribution in [-0.2, 0) is 0 Å². The van der Waals surface area contributed by atoms with E-state index in [4.69, 9.17) is 0 Å². The van der Waals surface area contributed by atoms with Crippen LogP contribution in [0.15, 0.2) is 58.5 Å². The second kappa shape index (κ2) is 21.8. The zero-order valence-corrected chi connectivity index (χ0v) is 22.0. The summed E-state index contributed by atoms with van der Waals surface area (Å²) in [5.41, 5.74) is 2.09. The summed E-state index contributed by atoms with van der Waals surface area (Å²) in [5.74, 6) is 0. The molecule has 0 bridgehead atoms. The Morgan fingerprint density at radius 2 is 1.10 bits per heavy atom. The molecule has 0 aliphatic rings. The molecule has 0 aliphatic carbocycles. The molecule has 0 unspecified atom stereocenters. The molecule has 0 fully saturated rings. The van der Waals surface area contributed by atoms with Crippen LogP contribution in [0.3, 0.4) is 0 Å². The molecule has 0 heterocycles. The van der Waals surface area contributed by atoms with Crippen molar-refractivity contribution >= 4 is 36.3 Å². The summed E-state index contributed by atoms with van der Waals surface area (Å²) >= 11 is 0. The molecule has 7 heteroatoms. The van der Waals surface area contributed by atoms with Crippen molar-refractivity contribution in [3.05, 3.63) is 71.8 Å². The van der Waals surface area contributed by atoms with Gasteiger partial charge in [-0.3, -0.25) is 9.98 Å². The third-order valence-electron chi connectivity index (χ3n) is 3.28. The first-order valence-corrected chi connectivity index (χ1v) is 8.80. The largest absolute Gasteiger partial charge is 2.00 e. The molecule has 4 nitrogen and oxygen atoms in total. The first-order valence-electron chi connectivity index (χ1n) is 8.80. The fourth-order valence-corrected chi connectivity index (χ4v) is 1.82. The van der Waals surface area contributed by atoms with Gasteiger partial charge in [0.05, 0.1) is 13.1 Å². The van der Waals surface area contributed by atoms with Crippen molar-refractivity contribution in [2.45, 2.75) is 0 Å². The topological polar surface area (TPSA) is 31.2 Å². The minimum atomic E-state index is 0. The van der Waals surface area contributed by atoms with E-state index in [2.05, 4.69) is 31.9 Å². The SMILES string of the molecule is CN(C)CCN=Cc1[c]cccc1.CN(C)CCN=Cc1[c]cccc1.[Cl-].[Cl-].[Sn+2]. The first-order chi connectivity index (χ1) is 12.6. The molecule has 0 amide bonds. The van der Waals surface area contributed by atoms with Gasteiger partial charge >= 0.3 is 23.9 Å². The molecule has 0 saturated heterocycles. The molecule has 0 aliphatic heterocycles. The molecule has 0 saturated carbocycles. The van der Waals surface area contributed by atoms with E-state index in [0.717, 1.165) is 37.3 Å². The van der Waals surface area contributed by atoms with Crippen LogP contribution < -0.4 is 24.8 Å². The number of hydrogen-bond donors (Lipinski definition) is 0. The van der Waals surface area contributed by atoms with E-state index >= 15 is 0 Å². The maximum atomic E-state index is 4.28. The summed E-state index contributed by atoms with van der Waals surface area (Å²) in [6.45, 7) is 3.66. The van der Waals surface area contributed by atoms with Crippen LogP contribution in [0, 0.1) is 12.1 Å². The average Bonchev–Trinajstić information content (AvgIpc) is 2.64. The Labute approximate surface area is 206 Å². The van der Waals surface area contributed by atoms with Gasteiger partial charge in [-0.1, -0.05) is 48.5 Å². The third kappa shape index (κ3) is 20.1.